The summed E-state index contributed by atoms with van der Waals surface area (Å²) in [5.74, 6) is -2.58. The Hall–Kier alpha value is -4.35. The molecule has 14 heteroatoms. The van der Waals surface area contributed by atoms with Gasteiger partial charge in [0.2, 0.25) is 0 Å². The third kappa shape index (κ3) is 11.6. The monoisotopic (exact) mass is 894 g/mol. The van der Waals surface area contributed by atoms with Crippen molar-refractivity contribution in [2.75, 3.05) is 86.0 Å². The van der Waals surface area contributed by atoms with E-state index < -0.39 is 23.6 Å². The van der Waals surface area contributed by atoms with Crippen LogP contribution in [0, 0.1) is 0 Å². The molecule has 0 aliphatic carbocycles. The molecule has 0 fully saturated rings. The maximum absolute atomic E-state index is 13.6. The van der Waals surface area contributed by atoms with E-state index in [1.54, 1.807) is 0 Å². The van der Waals surface area contributed by atoms with Gasteiger partial charge in [0, 0.05) is 37.3 Å². The first-order chi connectivity index (χ1) is 27.1. The number of aryl methyl sites for hydroxylation is 1. The second-order valence-corrected chi connectivity index (χ2v) is 19.2. The Morgan fingerprint density at radius 3 is 1.68 bits per heavy atom. The van der Waals surface area contributed by atoms with Crippen molar-refractivity contribution < 1.29 is 57.4 Å². The number of imide groups is 3. The number of alkyl halides is 1. The topological polar surface area (TPSA) is 127 Å². The molecule has 0 saturated heterocycles. The molecule has 0 bridgehead atoms. The number of likely N-dealkylation sites (N-methyl/N-ethyl adjacent to an activating group) is 3. The van der Waals surface area contributed by atoms with Crippen LogP contribution in [0.15, 0.2) is 84.0 Å². The Morgan fingerprint density at radius 1 is 0.632 bits per heavy atom. The van der Waals surface area contributed by atoms with Crippen LogP contribution in [0.1, 0.15) is 35.1 Å². The van der Waals surface area contributed by atoms with Gasteiger partial charge in [0.05, 0.1) is 14.1 Å². The number of carbonyl (C=O) groups excluding carboxylic acids is 6. The van der Waals surface area contributed by atoms with E-state index in [4.69, 9.17) is 0 Å². The van der Waals surface area contributed by atoms with Crippen LogP contribution in [-0.4, -0.2) is 148 Å². The summed E-state index contributed by atoms with van der Waals surface area (Å²) < 4.78 is 1.24. The van der Waals surface area contributed by atoms with Gasteiger partial charge in [-0.15, -0.1) is 0 Å². The van der Waals surface area contributed by atoms with Gasteiger partial charge in [0.1, 0.15) is 6.54 Å². The molecule has 57 heavy (non-hydrogen) atoms. The number of quaternary nitrogens is 2. The molecule has 3 aliphatic rings. The van der Waals surface area contributed by atoms with Crippen molar-refractivity contribution in [1.82, 2.24) is 24.9 Å². The summed E-state index contributed by atoms with van der Waals surface area (Å²) in [7, 11) is 10.1. The molecule has 0 aromatic heterocycles. The molecule has 3 heterocycles. The Kier molecular flexibility index (Phi) is 14.9. The van der Waals surface area contributed by atoms with E-state index >= 15 is 0 Å². The number of hydrogen-bond acceptors (Lipinski definition) is 8. The average molecular weight is 895 g/mol. The van der Waals surface area contributed by atoms with Crippen molar-refractivity contribution in [3.8, 4) is 0 Å². The van der Waals surface area contributed by atoms with Gasteiger partial charge in [-0.25, -0.2) is 0 Å². The van der Waals surface area contributed by atoms with Crippen LogP contribution in [0.3, 0.4) is 0 Å². The van der Waals surface area contributed by atoms with Gasteiger partial charge >= 0.3 is 223 Å². The summed E-state index contributed by atoms with van der Waals surface area (Å²) in [6, 6.07) is 17.0. The molecule has 0 spiro atoms. The molecule has 0 saturated carbocycles. The minimum atomic E-state index is -0.553. The van der Waals surface area contributed by atoms with E-state index in [9.17, 15) is 28.8 Å². The molecule has 1 unspecified atom stereocenters. The van der Waals surface area contributed by atoms with Gasteiger partial charge in [-0.1, -0.05) is 24.3 Å². The molecule has 2 aromatic carbocycles. The number of amides is 6. The number of carbonyl (C=O) groups is 6. The normalized spacial score (nSPS) is 17.2. The molecule has 2 aromatic rings. The molecular formula is C43H57IN7O6+. The zero-order chi connectivity index (χ0) is 41.3. The molecule has 6 amide bonds. The molecule has 1 atom stereocenters. The average Bonchev–Trinajstić information content (AvgIpc) is 3.76. The second-order valence-electron chi connectivity index (χ2n) is 15.9. The van der Waals surface area contributed by atoms with Gasteiger partial charge in [-0.3, -0.25) is 14.5 Å². The van der Waals surface area contributed by atoms with Crippen LogP contribution < -0.4 is 26.8 Å². The van der Waals surface area contributed by atoms with Crippen LogP contribution in [0.5, 0.6) is 0 Å². The molecule has 13 nitrogen and oxygen atoms in total. The number of benzene rings is 2. The third-order valence-electron chi connectivity index (χ3n) is 10.8. The predicted molar refractivity (Wildman–Crippen MR) is 213 cm³/mol. The fourth-order valence-electron chi connectivity index (χ4n) is 7.19. The summed E-state index contributed by atoms with van der Waals surface area (Å²) in [5, 5.41) is 3.19. The van der Waals surface area contributed by atoms with E-state index in [1.807, 2.05) is 28.2 Å². The van der Waals surface area contributed by atoms with Crippen LogP contribution >= 0.6 is 0 Å². The Balaban J connectivity index is 1.08. The van der Waals surface area contributed by atoms with Crippen molar-refractivity contribution in [2.24, 2.45) is 0 Å². The molecule has 1 N–H and O–H groups in total. The fourth-order valence-corrected chi connectivity index (χ4v) is 8.62. The summed E-state index contributed by atoms with van der Waals surface area (Å²) in [5.41, 5.74) is 4.70. The number of hydrogen-bond donors (Lipinski definition) is 1. The number of nitrogens with zero attached hydrogens (tertiary/aromatic N) is 6. The zero-order valence-electron chi connectivity index (χ0n) is 34.1. The van der Waals surface area contributed by atoms with Crippen LogP contribution in [-0.2, 0) is 54.8 Å². The van der Waals surface area contributed by atoms with Gasteiger partial charge in [0.25, 0.3) is 11.8 Å². The summed E-state index contributed by atoms with van der Waals surface area (Å²) in [6.07, 6.45) is 8.32. The molecular weight excluding hydrogens is 837 g/mol. The fraction of sp³-hybridized carbons (Fsp3) is 0.442. The van der Waals surface area contributed by atoms with Crippen LogP contribution in [0.4, 0.5) is 0 Å². The number of halogens is 1. The van der Waals surface area contributed by atoms with Gasteiger partial charge in [0.15, 0.2) is 0 Å². The van der Waals surface area contributed by atoms with Gasteiger partial charge in [-0.05, 0) is 12.6 Å². The van der Waals surface area contributed by atoms with Crippen molar-refractivity contribution in [1.29, 1.82) is 0 Å². The van der Waals surface area contributed by atoms with Crippen LogP contribution in [0.25, 0.3) is 0 Å². The van der Waals surface area contributed by atoms with Crippen molar-refractivity contribution in [3.63, 3.8) is 0 Å². The molecule has 3 aliphatic heterocycles. The number of nitrogens with one attached hydrogen (secondary N) is 1. The van der Waals surface area contributed by atoms with E-state index in [0.29, 0.717) is 43.8 Å². The SMILES string of the molecule is CNCCCCc1ccc(C[N+](C)(CCN2C(=O)C=C(C3=CC(=O)N(CC[N+](C)(C)Cc4ccc(CN(C)CCN5C(=O)C=CC5=O)cc4)C3=O)C2=O)[I-]C)cc1. The molecule has 5 rings (SSSR count). The Labute approximate surface area is 347 Å². The first-order valence-electron chi connectivity index (χ1n) is 19.5. The maximum atomic E-state index is 13.6. The predicted octanol–water partition coefficient (Wildman–Crippen LogP) is -0.967. The van der Waals surface area contributed by atoms with Crippen LogP contribution in [0.2, 0.25) is 0 Å². The Bertz CT molecular complexity index is 1920. The number of rotatable bonds is 22. The zero-order valence-corrected chi connectivity index (χ0v) is 36.3. The van der Waals surface area contributed by atoms with Crippen molar-refractivity contribution in [2.45, 2.75) is 38.9 Å². The summed E-state index contributed by atoms with van der Waals surface area (Å²) in [4.78, 5) is 84.9. The standard InChI is InChI=1S/C43H57IN7O6/c1-44-51(6,31-35-14-10-32(11-15-35)9-7-8-20-45-2)26-24-49-41(55)28-37(43(49)57)36-27-40(54)48(42(36)56)23-25-50(4,5)30-34-16-12-33(13-17-34)29-46(3)21-22-47-38(52)18-19-39(47)53/h10-19,27-28,45H,7-9,20-26,29-31H2,1-6H3/q+1. The Morgan fingerprint density at radius 2 is 1.14 bits per heavy atom. The molecule has 306 valence electrons. The van der Waals surface area contributed by atoms with Gasteiger partial charge in [-0.2, -0.15) is 0 Å². The molecule has 0 radical (unpaired) electrons. The van der Waals surface area contributed by atoms with E-state index in [-0.39, 0.29) is 57.5 Å². The second kappa shape index (κ2) is 19.4. The summed E-state index contributed by atoms with van der Waals surface area (Å²) >= 11 is -0.299. The van der Waals surface area contributed by atoms with E-state index in [1.165, 1.54) is 45.2 Å². The first-order valence-corrected chi connectivity index (χ1v) is 22.6. The first kappa shape index (κ1) is 43.8. The van der Waals surface area contributed by atoms with E-state index in [0.717, 1.165) is 51.1 Å². The van der Waals surface area contributed by atoms with E-state index in [2.05, 4.69) is 70.7 Å². The third-order valence-corrected chi connectivity index (χ3v) is 14.0. The van der Waals surface area contributed by atoms with Crippen molar-refractivity contribution >= 4 is 35.4 Å². The number of unbranched alkanes of at least 4 members (excludes halogenated alkanes) is 1. The quantitative estimate of drug-likeness (QED) is 0.0401. The summed E-state index contributed by atoms with van der Waals surface area (Å²) in [6.45, 7) is 5.51. The van der Waals surface area contributed by atoms with Crippen molar-refractivity contribution in [3.05, 3.63) is 106 Å². The minimum absolute atomic E-state index is 0.0129. The van der Waals surface area contributed by atoms with Gasteiger partial charge < -0.3 is 4.90 Å².